The predicted octanol–water partition coefficient (Wildman–Crippen LogP) is 0.300. The lowest BCUT2D eigenvalue weighted by molar-refractivity contribution is -0.120. The van der Waals surface area contributed by atoms with Crippen LogP contribution in [0.3, 0.4) is 0 Å². The Morgan fingerprint density at radius 2 is 2.22 bits per heavy atom. The molecule has 0 fully saturated rings. The number of pyridine rings is 1. The van der Waals surface area contributed by atoms with Crippen LogP contribution >= 0.6 is 0 Å². The summed E-state index contributed by atoms with van der Waals surface area (Å²) in [6, 6.07) is 1.33. The average molecular weight is 252 g/mol. The fourth-order valence-electron chi connectivity index (χ4n) is 1.38. The number of carboxylic acid groups (broad SMARTS) is 1. The number of hydrogen-bond acceptors (Lipinski definition) is 5. The van der Waals surface area contributed by atoms with Gasteiger partial charge in [-0.3, -0.25) is 4.79 Å². The van der Waals surface area contributed by atoms with Gasteiger partial charge in [-0.15, -0.1) is 0 Å². The zero-order valence-electron chi connectivity index (χ0n) is 10.1. The third-order valence-corrected chi connectivity index (χ3v) is 2.24. The van der Waals surface area contributed by atoms with Gasteiger partial charge in [0.15, 0.2) is 0 Å². The molecule has 0 saturated heterocycles. The average Bonchev–Trinajstić information content (AvgIpc) is 2.31. The van der Waals surface area contributed by atoms with Crippen molar-refractivity contribution in [1.29, 1.82) is 0 Å². The maximum atomic E-state index is 11.2. The molecule has 18 heavy (non-hydrogen) atoms. The fourth-order valence-corrected chi connectivity index (χ4v) is 1.38. The first-order valence-corrected chi connectivity index (χ1v) is 5.54. The molecule has 7 heteroatoms. The van der Waals surface area contributed by atoms with Crippen LogP contribution in [-0.2, 0) is 4.79 Å². The standard InChI is InChI=1S/C11H16N4O3/c1-2-13-8(16)4-6-15-10-9(12)7(11(17)18)3-5-14-10/h3,5H,2,4,6,12H2,1H3,(H,13,16)(H,14,15)(H,17,18). The van der Waals surface area contributed by atoms with E-state index in [9.17, 15) is 9.59 Å². The van der Waals surface area contributed by atoms with Crippen molar-refractivity contribution in [1.82, 2.24) is 10.3 Å². The van der Waals surface area contributed by atoms with Crippen LogP contribution in [0.5, 0.6) is 0 Å². The second-order valence-electron chi connectivity index (χ2n) is 3.56. The van der Waals surface area contributed by atoms with Gasteiger partial charge in [0.1, 0.15) is 5.82 Å². The van der Waals surface area contributed by atoms with Crippen molar-refractivity contribution in [2.24, 2.45) is 0 Å². The zero-order chi connectivity index (χ0) is 13.5. The van der Waals surface area contributed by atoms with E-state index in [0.29, 0.717) is 13.1 Å². The van der Waals surface area contributed by atoms with Crippen molar-refractivity contribution < 1.29 is 14.7 Å². The molecule has 0 saturated carbocycles. The minimum absolute atomic E-state index is 0.00879. The summed E-state index contributed by atoms with van der Waals surface area (Å²) < 4.78 is 0. The summed E-state index contributed by atoms with van der Waals surface area (Å²) in [6.45, 7) is 2.75. The fraction of sp³-hybridized carbons (Fsp3) is 0.364. The number of hydrogen-bond donors (Lipinski definition) is 4. The minimum atomic E-state index is -1.11. The van der Waals surface area contributed by atoms with Crippen LogP contribution in [0.15, 0.2) is 12.3 Å². The smallest absolute Gasteiger partial charge is 0.337 e. The molecule has 98 valence electrons. The van der Waals surface area contributed by atoms with E-state index in [4.69, 9.17) is 10.8 Å². The van der Waals surface area contributed by atoms with E-state index in [2.05, 4.69) is 15.6 Å². The summed E-state index contributed by atoms with van der Waals surface area (Å²) >= 11 is 0. The normalized spacial score (nSPS) is 9.83. The van der Waals surface area contributed by atoms with Crippen molar-refractivity contribution in [3.8, 4) is 0 Å². The number of aromatic nitrogens is 1. The molecule has 0 spiro atoms. The number of nitrogen functional groups attached to an aromatic ring is 1. The molecule has 1 rings (SSSR count). The summed E-state index contributed by atoms with van der Waals surface area (Å²) in [4.78, 5) is 26.0. The molecule has 5 N–H and O–H groups in total. The number of carbonyl (C=O) groups is 2. The van der Waals surface area contributed by atoms with E-state index in [-0.39, 0.29) is 29.4 Å². The first kappa shape index (κ1) is 13.8. The van der Waals surface area contributed by atoms with E-state index in [0.717, 1.165) is 0 Å². The van der Waals surface area contributed by atoms with Crippen LogP contribution in [0, 0.1) is 0 Å². The van der Waals surface area contributed by atoms with E-state index < -0.39 is 5.97 Å². The molecule has 0 unspecified atom stereocenters. The quantitative estimate of drug-likeness (QED) is 0.578. The number of nitrogens with zero attached hydrogens (tertiary/aromatic N) is 1. The van der Waals surface area contributed by atoms with Crippen molar-refractivity contribution in [2.75, 3.05) is 24.1 Å². The Labute approximate surface area is 104 Å². The largest absolute Gasteiger partial charge is 0.478 e. The van der Waals surface area contributed by atoms with E-state index >= 15 is 0 Å². The van der Waals surface area contributed by atoms with E-state index in [1.807, 2.05) is 6.92 Å². The lowest BCUT2D eigenvalue weighted by Gasteiger charge is -2.09. The summed E-state index contributed by atoms with van der Waals surface area (Å²) in [5.74, 6) is -0.918. The summed E-state index contributed by atoms with van der Waals surface area (Å²) in [5, 5.41) is 14.4. The number of nitrogens with two attached hydrogens (primary N) is 1. The predicted molar refractivity (Wildman–Crippen MR) is 67.4 cm³/mol. The molecular formula is C11H16N4O3. The van der Waals surface area contributed by atoms with E-state index in [1.54, 1.807) is 0 Å². The number of aromatic carboxylic acids is 1. The number of carbonyl (C=O) groups excluding carboxylic acids is 1. The Morgan fingerprint density at radius 1 is 1.50 bits per heavy atom. The second-order valence-corrected chi connectivity index (χ2v) is 3.56. The minimum Gasteiger partial charge on any atom is -0.478 e. The molecule has 7 nitrogen and oxygen atoms in total. The van der Waals surface area contributed by atoms with Crippen LogP contribution in [-0.4, -0.2) is 35.1 Å². The van der Waals surface area contributed by atoms with Gasteiger partial charge >= 0.3 is 5.97 Å². The highest BCUT2D eigenvalue weighted by Crippen LogP contribution is 2.19. The first-order valence-electron chi connectivity index (χ1n) is 5.54. The Balaban J connectivity index is 2.60. The molecule has 0 bridgehead atoms. The molecule has 0 atom stereocenters. The number of rotatable bonds is 6. The van der Waals surface area contributed by atoms with Crippen molar-refractivity contribution in [2.45, 2.75) is 13.3 Å². The second kappa shape index (κ2) is 6.43. The van der Waals surface area contributed by atoms with Crippen LogP contribution in [0.4, 0.5) is 11.5 Å². The molecule has 1 aromatic heterocycles. The third-order valence-electron chi connectivity index (χ3n) is 2.24. The van der Waals surface area contributed by atoms with Crippen LogP contribution in [0.25, 0.3) is 0 Å². The SMILES string of the molecule is CCNC(=O)CCNc1nccc(C(=O)O)c1N. The molecule has 1 aromatic rings. The Bertz CT molecular complexity index is 448. The first-order chi connectivity index (χ1) is 8.56. The zero-order valence-corrected chi connectivity index (χ0v) is 10.1. The number of anilines is 2. The number of nitrogens with one attached hydrogen (secondary N) is 2. The van der Waals surface area contributed by atoms with Crippen LogP contribution in [0.2, 0.25) is 0 Å². The highest BCUT2D eigenvalue weighted by molar-refractivity contribution is 5.96. The summed E-state index contributed by atoms with van der Waals surface area (Å²) in [7, 11) is 0. The van der Waals surface area contributed by atoms with Crippen molar-refractivity contribution in [3.05, 3.63) is 17.8 Å². The Morgan fingerprint density at radius 3 is 2.83 bits per heavy atom. The van der Waals surface area contributed by atoms with Gasteiger partial charge in [-0.1, -0.05) is 0 Å². The molecular weight excluding hydrogens is 236 g/mol. The van der Waals surface area contributed by atoms with Crippen molar-refractivity contribution >= 4 is 23.4 Å². The van der Waals surface area contributed by atoms with Crippen LogP contribution in [0.1, 0.15) is 23.7 Å². The van der Waals surface area contributed by atoms with Gasteiger partial charge in [-0.2, -0.15) is 0 Å². The van der Waals surface area contributed by atoms with Gasteiger partial charge in [0.25, 0.3) is 0 Å². The lowest BCUT2D eigenvalue weighted by atomic mass is 10.2. The maximum Gasteiger partial charge on any atom is 0.337 e. The number of amides is 1. The number of carboxylic acids is 1. The topological polar surface area (TPSA) is 117 Å². The molecule has 0 aliphatic rings. The molecule has 0 aliphatic carbocycles. The van der Waals surface area contributed by atoms with Gasteiger partial charge in [-0.25, -0.2) is 9.78 Å². The van der Waals surface area contributed by atoms with Gasteiger partial charge in [-0.05, 0) is 13.0 Å². The monoisotopic (exact) mass is 252 g/mol. The van der Waals surface area contributed by atoms with Gasteiger partial charge in [0, 0.05) is 25.7 Å². The van der Waals surface area contributed by atoms with E-state index in [1.165, 1.54) is 12.3 Å². The maximum absolute atomic E-state index is 11.2. The molecule has 1 amide bonds. The molecule has 0 aromatic carbocycles. The Hall–Kier alpha value is -2.31. The molecule has 0 aliphatic heterocycles. The van der Waals surface area contributed by atoms with Crippen molar-refractivity contribution in [3.63, 3.8) is 0 Å². The lowest BCUT2D eigenvalue weighted by Crippen LogP contribution is -2.25. The third kappa shape index (κ3) is 3.62. The van der Waals surface area contributed by atoms with Crippen LogP contribution < -0.4 is 16.4 Å². The van der Waals surface area contributed by atoms with Gasteiger partial charge < -0.3 is 21.5 Å². The van der Waals surface area contributed by atoms with Gasteiger partial charge in [0.2, 0.25) is 5.91 Å². The highest BCUT2D eigenvalue weighted by Gasteiger charge is 2.11. The highest BCUT2D eigenvalue weighted by atomic mass is 16.4. The Kier molecular flexibility index (Phi) is 4.91. The van der Waals surface area contributed by atoms with Gasteiger partial charge in [0.05, 0.1) is 11.3 Å². The summed E-state index contributed by atoms with van der Waals surface area (Å²) in [5.41, 5.74) is 5.71. The molecule has 1 heterocycles. The molecule has 0 radical (unpaired) electrons. The summed E-state index contributed by atoms with van der Waals surface area (Å²) in [6.07, 6.45) is 1.63.